The molecule has 0 amide bonds. The van der Waals surface area contributed by atoms with Crippen molar-refractivity contribution in [3.8, 4) is 0 Å². The highest BCUT2D eigenvalue weighted by Gasteiger charge is 2.12. The summed E-state index contributed by atoms with van der Waals surface area (Å²) in [7, 11) is 3.45. The van der Waals surface area contributed by atoms with Crippen LogP contribution in [0, 0.1) is 0 Å². The molecule has 0 spiro atoms. The fraction of sp³-hybridized carbons (Fsp3) is 0.889. The van der Waals surface area contributed by atoms with E-state index in [0.29, 0.717) is 6.42 Å². The van der Waals surface area contributed by atoms with Crippen molar-refractivity contribution < 1.29 is 9.53 Å². The van der Waals surface area contributed by atoms with Crippen LogP contribution in [0.25, 0.3) is 0 Å². The Bertz CT molecular complexity index is 136. The van der Waals surface area contributed by atoms with Crippen LogP contribution in [0.3, 0.4) is 0 Å². The molecule has 0 N–H and O–H groups in total. The van der Waals surface area contributed by atoms with Crippen molar-refractivity contribution in [3.05, 3.63) is 0 Å². The Balaban J connectivity index is 3.69. The first-order valence-corrected chi connectivity index (χ1v) is 4.38. The van der Waals surface area contributed by atoms with E-state index in [1.54, 1.807) is 0 Å². The number of hydrogen-bond donors (Lipinski definition) is 0. The molecule has 0 saturated carbocycles. The van der Waals surface area contributed by atoms with Gasteiger partial charge in [0.25, 0.3) is 0 Å². The Labute approximate surface area is 74.7 Å². The second-order valence-corrected chi connectivity index (χ2v) is 3.11. The summed E-state index contributed by atoms with van der Waals surface area (Å²) in [5.74, 6) is -0.134. The maximum atomic E-state index is 10.9. The minimum Gasteiger partial charge on any atom is -0.469 e. The number of methoxy groups -OCH3 is 1. The molecule has 1 unspecified atom stereocenters. The number of ether oxygens (including phenoxy) is 1. The molecule has 0 bridgehead atoms. The summed E-state index contributed by atoms with van der Waals surface area (Å²) in [6.45, 7) is 5.19. The van der Waals surface area contributed by atoms with E-state index in [0.717, 1.165) is 13.0 Å². The SMILES string of the molecule is CCCN(C)C(C)CC(=O)OC. The lowest BCUT2D eigenvalue weighted by Gasteiger charge is -2.22. The van der Waals surface area contributed by atoms with Crippen LogP contribution in [0.1, 0.15) is 26.7 Å². The zero-order valence-corrected chi connectivity index (χ0v) is 8.46. The highest BCUT2D eigenvalue weighted by molar-refractivity contribution is 5.69. The monoisotopic (exact) mass is 173 g/mol. The number of nitrogens with zero attached hydrogens (tertiary/aromatic N) is 1. The number of rotatable bonds is 5. The van der Waals surface area contributed by atoms with Gasteiger partial charge in [0, 0.05) is 6.04 Å². The maximum Gasteiger partial charge on any atom is 0.307 e. The first-order chi connectivity index (χ1) is 5.61. The van der Waals surface area contributed by atoms with Crippen molar-refractivity contribution in [3.63, 3.8) is 0 Å². The van der Waals surface area contributed by atoms with E-state index in [-0.39, 0.29) is 12.0 Å². The van der Waals surface area contributed by atoms with Crippen molar-refractivity contribution in [2.45, 2.75) is 32.7 Å². The average molecular weight is 173 g/mol. The van der Waals surface area contributed by atoms with E-state index < -0.39 is 0 Å². The highest BCUT2D eigenvalue weighted by Crippen LogP contribution is 2.02. The summed E-state index contributed by atoms with van der Waals surface area (Å²) in [5, 5.41) is 0. The fourth-order valence-electron chi connectivity index (χ4n) is 1.05. The molecule has 0 aliphatic heterocycles. The molecule has 0 aliphatic carbocycles. The van der Waals surface area contributed by atoms with E-state index in [4.69, 9.17) is 0 Å². The van der Waals surface area contributed by atoms with Gasteiger partial charge in [-0.1, -0.05) is 6.92 Å². The van der Waals surface area contributed by atoms with Gasteiger partial charge >= 0.3 is 5.97 Å². The topological polar surface area (TPSA) is 29.5 Å². The van der Waals surface area contributed by atoms with Gasteiger partial charge in [-0.15, -0.1) is 0 Å². The van der Waals surface area contributed by atoms with Gasteiger partial charge in [0.2, 0.25) is 0 Å². The van der Waals surface area contributed by atoms with Crippen LogP contribution in [0.15, 0.2) is 0 Å². The summed E-state index contributed by atoms with van der Waals surface area (Å²) in [4.78, 5) is 13.0. The molecule has 0 aromatic carbocycles. The molecule has 0 fully saturated rings. The van der Waals surface area contributed by atoms with Crippen LogP contribution in [0.4, 0.5) is 0 Å². The van der Waals surface area contributed by atoms with Gasteiger partial charge in [-0.2, -0.15) is 0 Å². The third-order valence-electron chi connectivity index (χ3n) is 2.02. The predicted molar refractivity (Wildman–Crippen MR) is 49.0 cm³/mol. The molecule has 0 aromatic rings. The molecule has 3 nitrogen and oxygen atoms in total. The van der Waals surface area contributed by atoms with Gasteiger partial charge in [-0.05, 0) is 26.9 Å². The van der Waals surface area contributed by atoms with Gasteiger partial charge in [0.1, 0.15) is 0 Å². The van der Waals surface area contributed by atoms with Crippen LogP contribution in [-0.2, 0) is 9.53 Å². The molecule has 0 heterocycles. The summed E-state index contributed by atoms with van der Waals surface area (Å²) in [6.07, 6.45) is 1.59. The average Bonchev–Trinajstić information content (AvgIpc) is 2.04. The van der Waals surface area contributed by atoms with Gasteiger partial charge in [0.05, 0.1) is 13.5 Å². The molecular formula is C9H19NO2. The number of carbonyl (C=O) groups excluding carboxylic acids is 1. The Morgan fingerprint density at radius 3 is 2.58 bits per heavy atom. The van der Waals surface area contributed by atoms with Crippen LogP contribution in [-0.4, -0.2) is 37.6 Å². The smallest absolute Gasteiger partial charge is 0.307 e. The Morgan fingerprint density at radius 2 is 2.17 bits per heavy atom. The van der Waals surface area contributed by atoms with Gasteiger partial charge < -0.3 is 9.64 Å². The lowest BCUT2D eigenvalue weighted by Crippen LogP contribution is -2.31. The third-order valence-corrected chi connectivity index (χ3v) is 2.02. The van der Waals surface area contributed by atoms with Crippen molar-refractivity contribution in [2.24, 2.45) is 0 Å². The third kappa shape index (κ3) is 4.34. The molecule has 1 atom stereocenters. The summed E-state index contributed by atoms with van der Waals surface area (Å²) >= 11 is 0. The highest BCUT2D eigenvalue weighted by atomic mass is 16.5. The molecule has 0 aliphatic rings. The fourth-order valence-corrected chi connectivity index (χ4v) is 1.05. The van der Waals surface area contributed by atoms with E-state index in [1.165, 1.54) is 7.11 Å². The molecule has 0 saturated heterocycles. The quantitative estimate of drug-likeness (QED) is 0.586. The Kier molecular flexibility index (Phi) is 5.72. The van der Waals surface area contributed by atoms with Crippen molar-refractivity contribution in [1.82, 2.24) is 4.90 Å². The first-order valence-electron chi connectivity index (χ1n) is 4.38. The molecule has 12 heavy (non-hydrogen) atoms. The van der Waals surface area contributed by atoms with Crippen LogP contribution in [0.2, 0.25) is 0 Å². The van der Waals surface area contributed by atoms with Gasteiger partial charge in [-0.3, -0.25) is 4.79 Å². The van der Waals surface area contributed by atoms with Crippen LogP contribution in [0.5, 0.6) is 0 Å². The number of hydrogen-bond acceptors (Lipinski definition) is 3. The maximum absolute atomic E-state index is 10.9. The number of esters is 1. The van der Waals surface area contributed by atoms with Crippen LogP contribution < -0.4 is 0 Å². The molecule has 0 rings (SSSR count). The molecular weight excluding hydrogens is 154 g/mol. The van der Waals surface area contributed by atoms with Crippen molar-refractivity contribution in [1.29, 1.82) is 0 Å². The molecule has 72 valence electrons. The normalized spacial score (nSPS) is 13.1. The number of carbonyl (C=O) groups is 1. The van der Waals surface area contributed by atoms with Gasteiger partial charge in [-0.25, -0.2) is 0 Å². The Hall–Kier alpha value is -0.570. The van der Waals surface area contributed by atoms with E-state index in [1.807, 2.05) is 14.0 Å². The zero-order valence-electron chi connectivity index (χ0n) is 8.46. The molecule has 0 radical (unpaired) electrons. The lowest BCUT2D eigenvalue weighted by molar-refractivity contribution is -0.141. The van der Waals surface area contributed by atoms with Crippen molar-refractivity contribution in [2.75, 3.05) is 20.7 Å². The van der Waals surface area contributed by atoms with E-state index in [9.17, 15) is 4.79 Å². The summed E-state index contributed by atoms with van der Waals surface area (Å²) in [6, 6.07) is 0.275. The molecule has 0 aromatic heterocycles. The lowest BCUT2D eigenvalue weighted by atomic mass is 10.2. The second kappa shape index (κ2) is 6.00. The first kappa shape index (κ1) is 11.4. The second-order valence-electron chi connectivity index (χ2n) is 3.11. The molecule has 3 heteroatoms. The summed E-state index contributed by atoms with van der Waals surface area (Å²) < 4.78 is 4.58. The van der Waals surface area contributed by atoms with Crippen molar-refractivity contribution >= 4 is 5.97 Å². The van der Waals surface area contributed by atoms with Gasteiger partial charge in [0.15, 0.2) is 0 Å². The Morgan fingerprint density at radius 1 is 1.58 bits per heavy atom. The zero-order chi connectivity index (χ0) is 9.56. The summed E-state index contributed by atoms with van der Waals surface area (Å²) in [5.41, 5.74) is 0. The largest absolute Gasteiger partial charge is 0.469 e. The van der Waals surface area contributed by atoms with E-state index >= 15 is 0 Å². The minimum absolute atomic E-state index is 0.134. The standard InChI is InChI=1S/C9H19NO2/c1-5-6-10(3)8(2)7-9(11)12-4/h8H,5-7H2,1-4H3. The van der Waals surface area contributed by atoms with Crippen LogP contribution >= 0.6 is 0 Å². The van der Waals surface area contributed by atoms with E-state index in [2.05, 4.69) is 16.6 Å². The minimum atomic E-state index is -0.134. The predicted octanol–water partition coefficient (Wildman–Crippen LogP) is 1.28.